The van der Waals surface area contributed by atoms with Gasteiger partial charge in [0.1, 0.15) is 0 Å². The Morgan fingerprint density at radius 2 is 2.40 bits per heavy atom. The van der Waals surface area contributed by atoms with Crippen molar-refractivity contribution in [3.63, 3.8) is 0 Å². The highest BCUT2D eigenvalue weighted by Gasteiger charge is 2.51. The Morgan fingerprint density at radius 1 is 1.60 bits per heavy atom. The first-order valence-corrected chi connectivity index (χ1v) is 3.54. The molecule has 2 fully saturated rings. The Balaban J connectivity index is 2.24. The summed E-state index contributed by atoms with van der Waals surface area (Å²) >= 11 is 0. The molecule has 3 nitrogen and oxygen atoms in total. The summed E-state index contributed by atoms with van der Waals surface area (Å²) in [6, 6.07) is 2.40. The summed E-state index contributed by atoms with van der Waals surface area (Å²) in [4.78, 5) is 0. The van der Waals surface area contributed by atoms with Gasteiger partial charge in [-0.15, -0.1) is 0 Å². The molecule has 0 amide bonds. The molecule has 0 aromatic heterocycles. The molecule has 3 heteroatoms. The van der Waals surface area contributed by atoms with Gasteiger partial charge in [-0.3, -0.25) is 0 Å². The molecule has 1 heterocycles. The van der Waals surface area contributed by atoms with Gasteiger partial charge < -0.3 is 10.5 Å². The summed E-state index contributed by atoms with van der Waals surface area (Å²) in [7, 11) is 0. The van der Waals surface area contributed by atoms with Crippen LogP contribution >= 0.6 is 0 Å². The van der Waals surface area contributed by atoms with E-state index in [2.05, 4.69) is 6.07 Å². The van der Waals surface area contributed by atoms with Crippen molar-refractivity contribution >= 4 is 0 Å². The third kappa shape index (κ3) is 0.606. The maximum absolute atomic E-state index is 8.78. The fraction of sp³-hybridized carbons (Fsp3) is 0.857. The van der Waals surface area contributed by atoms with Crippen LogP contribution in [0.2, 0.25) is 0 Å². The highest BCUT2D eigenvalue weighted by Crippen LogP contribution is 2.44. The summed E-state index contributed by atoms with van der Waals surface area (Å²) < 4.78 is 5.31. The normalized spacial score (nSPS) is 51.2. The third-order valence-electron chi connectivity index (χ3n) is 2.51. The van der Waals surface area contributed by atoms with Crippen LogP contribution in [0, 0.1) is 16.7 Å². The molecule has 0 spiro atoms. The molecule has 1 saturated heterocycles. The summed E-state index contributed by atoms with van der Waals surface area (Å²) in [5.41, 5.74) is 5.49. The minimum atomic E-state index is -0.218. The summed E-state index contributed by atoms with van der Waals surface area (Å²) in [6.07, 6.45) is 1.85. The van der Waals surface area contributed by atoms with Gasteiger partial charge in [0.25, 0.3) is 0 Å². The second-order valence-corrected chi connectivity index (χ2v) is 3.31. The van der Waals surface area contributed by atoms with E-state index >= 15 is 0 Å². The SMILES string of the molecule is N#CC12COC(C1)C(N)C2. The Bertz CT molecular complexity index is 194. The molecular weight excluding hydrogens is 128 g/mol. The molecule has 3 unspecified atom stereocenters. The molecule has 0 aromatic rings. The summed E-state index contributed by atoms with van der Waals surface area (Å²) in [5.74, 6) is 0. The van der Waals surface area contributed by atoms with Crippen LogP contribution < -0.4 is 5.73 Å². The van der Waals surface area contributed by atoms with Gasteiger partial charge in [0.2, 0.25) is 0 Å². The minimum absolute atomic E-state index is 0.105. The van der Waals surface area contributed by atoms with E-state index in [1.54, 1.807) is 0 Å². The van der Waals surface area contributed by atoms with Crippen molar-refractivity contribution in [2.45, 2.75) is 25.0 Å². The number of nitriles is 1. The number of nitrogens with zero attached hydrogens (tertiary/aromatic N) is 1. The van der Waals surface area contributed by atoms with Crippen molar-refractivity contribution in [2.75, 3.05) is 6.61 Å². The van der Waals surface area contributed by atoms with Gasteiger partial charge in [-0.1, -0.05) is 0 Å². The zero-order chi connectivity index (χ0) is 7.19. The van der Waals surface area contributed by atoms with E-state index in [0.29, 0.717) is 6.61 Å². The first-order chi connectivity index (χ1) is 4.76. The predicted octanol–water partition coefficient (Wildman–Crippen LogP) is 0.0163. The van der Waals surface area contributed by atoms with Crippen LogP contribution in [0.4, 0.5) is 0 Å². The average molecular weight is 138 g/mol. The number of nitrogens with two attached hydrogens (primary N) is 1. The van der Waals surface area contributed by atoms with Crippen molar-refractivity contribution in [3.8, 4) is 6.07 Å². The number of rotatable bonds is 0. The molecule has 1 aliphatic carbocycles. The summed E-state index contributed by atoms with van der Waals surface area (Å²) in [6.45, 7) is 0.599. The lowest BCUT2D eigenvalue weighted by Crippen LogP contribution is -2.35. The monoisotopic (exact) mass is 138 g/mol. The van der Waals surface area contributed by atoms with Gasteiger partial charge in [-0.2, -0.15) is 5.26 Å². The van der Waals surface area contributed by atoms with E-state index in [1.165, 1.54) is 0 Å². The Kier molecular flexibility index (Phi) is 1.05. The lowest BCUT2D eigenvalue weighted by Gasteiger charge is -2.21. The molecule has 10 heavy (non-hydrogen) atoms. The zero-order valence-electron chi connectivity index (χ0n) is 5.71. The minimum Gasteiger partial charge on any atom is -0.375 e. The van der Waals surface area contributed by atoms with E-state index in [1.807, 2.05) is 0 Å². The van der Waals surface area contributed by atoms with Gasteiger partial charge in [0.05, 0.1) is 24.2 Å². The van der Waals surface area contributed by atoms with E-state index in [4.69, 9.17) is 15.7 Å². The number of ether oxygens (including phenoxy) is 1. The number of hydrogen-bond donors (Lipinski definition) is 1. The van der Waals surface area contributed by atoms with Gasteiger partial charge in [-0.25, -0.2) is 0 Å². The van der Waals surface area contributed by atoms with Crippen LogP contribution in [0.5, 0.6) is 0 Å². The van der Waals surface area contributed by atoms with Crippen LogP contribution in [0.15, 0.2) is 0 Å². The van der Waals surface area contributed by atoms with Crippen molar-refractivity contribution in [1.29, 1.82) is 5.26 Å². The summed E-state index contributed by atoms with van der Waals surface area (Å²) in [5, 5.41) is 8.78. The fourth-order valence-corrected chi connectivity index (χ4v) is 1.89. The molecule has 0 radical (unpaired) electrons. The standard InChI is InChI=1S/C7H10N2O/c8-3-7-1-5(9)6(2-7)10-4-7/h5-6H,1-2,4,9H2. The highest BCUT2D eigenvalue weighted by molar-refractivity contribution is 5.12. The number of fused-ring (bicyclic) bond motifs is 2. The predicted molar refractivity (Wildman–Crippen MR) is 35.0 cm³/mol. The topological polar surface area (TPSA) is 59.0 Å². The van der Waals surface area contributed by atoms with Crippen molar-refractivity contribution in [3.05, 3.63) is 0 Å². The second kappa shape index (κ2) is 1.71. The molecule has 2 N–H and O–H groups in total. The first kappa shape index (κ1) is 6.14. The molecule has 2 aliphatic rings. The van der Waals surface area contributed by atoms with E-state index in [9.17, 15) is 0 Å². The smallest absolute Gasteiger partial charge is 0.0847 e. The van der Waals surface area contributed by atoms with Crippen molar-refractivity contribution in [1.82, 2.24) is 0 Å². The van der Waals surface area contributed by atoms with Crippen LogP contribution in [0.25, 0.3) is 0 Å². The lowest BCUT2D eigenvalue weighted by atomic mass is 9.90. The van der Waals surface area contributed by atoms with Gasteiger partial charge >= 0.3 is 0 Å². The van der Waals surface area contributed by atoms with Crippen LogP contribution in [-0.4, -0.2) is 18.8 Å². The van der Waals surface area contributed by atoms with Crippen LogP contribution in [0.3, 0.4) is 0 Å². The van der Waals surface area contributed by atoms with Crippen LogP contribution in [-0.2, 0) is 4.74 Å². The second-order valence-electron chi connectivity index (χ2n) is 3.31. The van der Waals surface area contributed by atoms with E-state index in [-0.39, 0.29) is 17.6 Å². The molecule has 0 aromatic carbocycles. The van der Waals surface area contributed by atoms with Crippen LogP contribution in [0.1, 0.15) is 12.8 Å². The molecule has 1 saturated carbocycles. The van der Waals surface area contributed by atoms with Gasteiger partial charge in [0.15, 0.2) is 0 Å². The highest BCUT2D eigenvalue weighted by atomic mass is 16.5. The maximum atomic E-state index is 8.78. The largest absolute Gasteiger partial charge is 0.375 e. The van der Waals surface area contributed by atoms with Gasteiger partial charge in [-0.05, 0) is 12.8 Å². The van der Waals surface area contributed by atoms with Gasteiger partial charge in [0, 0.05) is 6.04 Å². The molecule has 3 atom stereocenters. The molecular formula is C7H10N2O. The Hall–Kier alpha value is -0.590. The molecule has 2 rings (SSSR count). The Morgan fingerprint density at radius 3 is 2.70 bits per heavy atom. The number of hydrogen-bond acceptors (Lipinski definition) is 3. The molecule has 54 valence electrons. The first-order valence-electron chi connectivity index (χ1n) is 3.54. The van der Waals surface area contributed by atoms with E-state index in [0.717, 1.165) is 12.8 Å². The maximum Gasteiger partial charge on any atom is 0.0847 e. The van der Waals surface area contributed by atoms with Crippen molar-refractivity contribution in [2.24, 2.45) is 11.1 Å². The fourth-order valence-electron chi connectivity index (χ4n) is 1.89. The quantitative estimate of drug-likeness (QED) is 0.513. The van der Waals surface area contributed by atoms with E-state index < -0.39 is 0 Å². The van der Waals surface area contributed by atoms with Crippen molar-refractivity contribution < 1.29 is 4.74 Å². The third-order valence-corrected chi connectivity index (χ3v) is 2.51. The lowest BCUT2D eigenvalue weighted by molar-refractivity contribution is 0.0507. The average Bonchev–Trinajstić information content (AvgIpc) is 2.45. The Labute approximate surface area is 59.8 Å². The molecule has 1 aliphatic heterocycles. The molecule has 2 bridgehead atoms. The zero-order valence-corrected chi connectivity index (χ0v) is 5.71.